The van der Waals surface area contributed by atoms with Crippen molar-refractivity contribution in [2.45, 2.75) is 32.1 Å². The van der Waals surface area contributed by atoms with Gasteiger partial charge in [-0.2, -0.15) is 4.37 Å². The molecule has 2 bridgehead atoms. The van der Waals surface area contributed by atoms with E-state index in [9.17, 15) is 0 Å². The van der Waals surface area contributed by atoms with Crippen LogP contribution in [0.4, 0.5) is 0 Å². The van der Waals surface area contributed by atoms with Gasteiger partial charge in [0.25, 0.3) is 0 Å². The highest BCUT2D eigenvalue weighted by atomic mass is 35.5. The molecular weight excluding hydrogens is 216 g/mol. The van der Waals surface area contributed by atoms with Crippen molar-refractivity contribution in [3.8, 4) is 0 Å². The first-order valence-corrected chi connectivity index (χ1v) is 6.44. The van der Waals surface area contributed by atoms with Crippen molar-refractivity contribution in [2.24, 2.45) is 17.8 Å². The molecule has 2 fully saturated rings. The molecular formula is C10H13ClN2S. The summed E-state index contributed by atoms with van der Waals surface area (Å²) in [7, 11) is 0. The molecule has 3 rings (SSSR count). The van der Waals surface area contributed by atoms with Gasteiger partial charge in [0.2, 0.25) is 5.28 Å². The maximum atomic E-state index is 5.71. The van der Waals surface area contributed by atoms with Crippen LogP contribution in [-0.2, 0) is 6.42 Å². The van der Waals surface area contributed by atoms with Gasteiger partial charge in [0.05, 0.1) is 0 Å². The second-order valence-corrected chi connectivity index (χ2v) is 5.77. The fraction of sp³-hybridized carbons (Fsp3) is 0.800. The van der Waals surface area contributed by atoms with Gasteiger partial charge in [0.1, 0.15) is 5.01 Å². The van der Waals surface area contributed by atoms with E-state index in [1.54, 1.807) is 0 Å². The van der Waals surface area contributed by atoms with E-state index in [1.807, 2.05) is 0 Å². The first-order chi connectivity index (χ1) is 6.81. The van der Waals surface area contributed by atoms with Gasteiger partial charge in [-0.05, 0) is 60.1 Å². The molecule has 76 valence electrons. The summed E-state index contributed by atoms with van der Waals surface area (Å²) < 4.78 is 4.02. The minimum Gasteiger partial charge on any atom is -0.210 e. The molecule has 0 aliphatic heterocycles. The topological polar surface area (TPSA) is 25.8 Å². The van der Waals surface area contributed by atoms with Crippen LogP contribution in [0.3, 0.4) is 0 Å². The highest BCUT2D eigenvalue weighted by Gasteiger charge is 2.39. The van der Waals surface area contributed by atoms with Gasteiger partial charge < -0.3 is 0 Å². The normalized spacial score (nSPS) is 35.4. The largest absolute Gasteiger partial charge is 0.234 e. The molecule has 3 unspecified atom stereocenters. The lowest BCUT2D eigenvalue weighted by Gasteiger charge is -2.19. The number of halogens is 1. The third-order valence-electron chi connectivity index (χ3n) is 3.76. The van der Waals surface area contributed by atoms with Gasteiger partial charge in [0.15, 0.2) is 0 Å². The molecule has 0 spiro atoms. The predicted octanol–water partition coefficient (Wildman–Crippen LogP) is 3.17. The lowest BCUT2D eigenvalue weighted by molar-refractivity contribution is 0.331. The Kier molecular flexibility index (Phi) is 2.25. The highest BCUT2D eigenvalue weighted by molar-refractivity contribution is 7.05. The van der Waals surface area contributed by atoms with Crippen molar-refractivity contribution in [3.05, 3.63) is 10.3 Å². The molecule has 0 radical (unpaired) electrons. The quantitative estimate of drug-likeness (QED) is 0.777. The van der Waals surface area contributed by atoms with E-state index in [4.69, 9.17) is 11.6 Å². The molecule has 0 N–H and O–H groups in total. The molecule has 1 aromatic heterocycles. The third-order valence-corrected chi connectivity index (χ3v) is 4.77. The van der Waals surface area contributed by atoms with Gasteiger partial charge in [-0.25, -0.2) is 4.98 Å². The van der Waals surface area contributed by atoms with E-state index in [-0.39, 0.29) is 0 Å². The van der Waals surface area contributed by atoms with Gasteiger partial charge in [-0.3, -0.25) is 0 Å². The highest BCUT2D eigenvalue weighted by Crippen LogP contribution is 2.49. The second kappa shape index (κ2) is 3.46. The molecule has 1 heterocycles. The lowest BCUT2D eigenvalue weighted by Crippen LogP contribution is -2.12. The molecule has 3 atom stereocenters. The van der Waals surface area contributed by atoms with Gasteiger partial charge >= 0.3 is 0 Å². The van der Waals surface area contributed by atoms with Crippen LogP contribution >= 0.6 is 23.1 Å². The Morgan fingerprint density at radius 2 is 2.29 bits per heavy atom. The van der Waals surface area contributed by atoms with Crippen molar-refractivity contribution in [2.75, 3.05) is 0 Å². The molecule has 1 aromatic rings. The zero-order valence-corrected chi connectivity index (χ0v) is 9.52. The van der Waals surface area contributed by atoms with Crippen molar-refractivity contribution in [1.82, 2.24) is 9.36 Å². The van der Waals surface area contributed by atoms with Crippen molar-refractivity contribution >= 4 is 23.1 Å². The number of aromatic nitrogens is 2. The molecule has 2 saturated carbocycles. The molecule has 4 heteroatoms. The molecule has 2 nitrogen and oxygen atoms in total. The Morgan fingerprint density at radius 1 is 1.36 bits per heavy atom. The Labute approximate surface area is 92.9 Å². The second-order valence-electron chi connectivity index (χ2n) is 4.60. The predicted molar refractivity (Wildman–Crippen MR) is 57.6 cm³/mol. The summed E-state index contributed by atoms with van der Waals surface area (Å²) in [5, 5.41) is 1.56. The summed E-state index contributed by atoms with van der Waals surface area (Å²) >= 11 is 7.18. The number of nitrogens with zero attached hydrogens (tertiary/aromatic N) is 2. The summed E-state index contributed by atoms with van der Waals surface area (Å²) in [5.74, 6) is 2.87. The van der Waals surface area contributed by atoms with Crippen LogP contribution in [0.2, 0.25) is 5.28 Å². The number of hydrogen-bond acceptors (Lipinski definition) is 3. The van der Waals surface area contributed by atoms with Crippen LogP contribution in [0, 0.1) is 17.8 Å². The average Bonchev–Trinajstić information content (AvgIpc) is 2.82. The van der Waals surface area contributed by atoms with E-state index < -0.39 is 0 Å². The minimum absolute atomic E-state index is 0.424. The first-order valence-electron chi connectivity index (χ1n) is 5.29. The molecule has 2 aliphatic rings. The molecule has 0 amide bonds. The van der Waals surface area contributed by atoms with Gasteiger partial charge in [-0.1, -0.05) is 6.42 Å². The van der Waals surface area contributed by atoms with Crippen LogP contribution in [-0.4, -0.2) is 9.36 Å². The molecule has 14 heavy (non-hydrogen) atoms. The zero-order chi connectivity index (χ0) is 9.54. The SMILES string of the molecule is Clc1nsc(CC2CC3CCC2C3)n1. The van der Waals surface area contributed by atoms with E-state index in [0.29, 0.717) is 5.28 Å². The minimum atomic E-state index is 0.424. The smallest absolute Gasteiger partial charge is 0.210 e. The maximum absolute atomic E-state index is 5.71. The monoisotopic (exact) mass is 228 g/mol. The number of rotatable bonds is 2. The van der Waals surface area contributed by atoms with E-state index >= 15 is 0 Å². The first kappa shape index (κ1) is 9.10. The number of fused-ring (bicyclic) bond motifs is 2. The van der Waals surface area contributed by atoms with E-state index in [2.05, 4.69) is 9.36 Å². The van der Waals surface area contributed by atoms with Crippen LogP contribution in [0.25, 0.3) is 0 Å². The van der Waals surface area contributed by atoms with Crippen LogP contribution < -0.4 is 0 Å². The average molecular weight is 229 g/mol. The van der Waals surface area contributed by atoms with Crippen molar-refractivity contribution < 1.29 is 0 Å². The summed E-state index contributed by atoms with van der Waals surface area (Å²) in [6.45, 7) is 0. The Morgan fingerprint density at radius 3 is 2.86 bits per heavy atom. The third kappa shape index (κ3) is 1.57. The number of hydrogen-bond donors (Lipinski definition) is 0. The molecule has 0 saturated heterocycles. The Balaban J connectivity index is 1.68. The molecule has 2 aliphatic carbocycles. The lowest BCUT2D eigenvalue weighted by atomic mass is 9.87. The van der Waals surface area contributed by atoms with Crippen LogP contribution in [0.15, 0.2) is 0 Å². The fourth-order valence-corrected chi connectivity index (χ4v) is 4.06. The summed E-state index contributed by atoms with van der Waals surface area (Å²) in [6, 6.07) is 0. The standard InChI is InChI=1S/C10H13ClN2S/c11-10-12-9(14-13-10)5-8-4-6-1-2-7(8)3-6/h6-8H,1-5H2. The Bertz CT molecular complexity index is 339. The van der Waals surface area contributed by atoms with Gasteiger partial charge in [0, 0.05) is 6.42 Å². The van der Waals surface area contributed by atoms with Crippen LogP contribution in [0.5, 0.6) is 0 Å². The van der Waals surface area contributed by atoms with Gasteiger partial charge in [-0.15, -0.1) is 0 Å². The molecule has 0 aromatic carbocycles. The van der Waals surface area contributed by atoms with Crippen molar-refractivity contribution in [1.29, 1.82) is 0 Å². The maximum Gasteiger partial charge on any atom is 0.234 e. The Hall–Kier alpha value is -0.150. The summed E-state index contributed by atoms with van der Waals surface area (Å²) in [4.78, 5) is 4.23. The van der Waals surface area contributed by atoms with E-state index in [1.165, 1.54) is 37.2 Å². The summed E-state index contributed by atoms with van der Waals surface area (Å²) in [5.41, 5.74) is 0. The van der Waals surface area contributed by atoms with Crippen LogP contribution in [0.1, 0.15) is 30.7 Å². The fourth-order valence-electron chi connectivity index (χ4n) is 3.17. The zero-order valence-electron chi connectivity index (χ0n) is 7.95. The van der Waals surface area contributed by atoms with E-state index in [0.717, 1.165) is 29.2 Å². The summed E-state index contributed by atoms with van der Waals surface area (Å²) in [6.07, 6.45) is 6.92. The van der Waals surface area contributed by atoms with Crippen molar-refractivity contribution in [3.63, 3.8) is 0 Å².